The maximum absolute atomic E-state index is 10.4. The number of hydrogen-bond donors (Lipinski definition) is 0. The highest BCUT2D eigenvalue weighted by Crippen LogP contribution is 1.90. The Kier molecular flexibility index (Phi) is 3.64. The molecule has 0 spiro atoms. The summed E-state index contributed by atoms with van der Waals surface area (Å²) >= 11 is 4.55. The largest absolute Gasteiger partial charge is 0.393 e. The van der Waals surface area contributed by atoms with E-state index in [1.54, 1.807) is 0 Å². The molecule has 0 aromatic rings. The first kappa shape index (κ1) is 9.10. The van der Waals surface area contributed by atoms with Gasteiger partial charge in [0.05, 0.1) is 6.42 Å². The average molecular weight is 165 g/mol. The number of carbonyl (C=O) groups is 3. The lowest BCUT2D eigenvalue weighted by molar-refractivity contribution is -0.147. The molecule has 0 heterocycles. The molecular weight excluding hydrogens is 160 g/mol. The van der Waals surface area contributed by atoms with Crippen LogP contribution in [-0.4, -0.2) is 17.5 Å². The van der Waals surface area contributed by atoms with Gasteiger partial charge in [0.15, 0.2) is 0 Å². The molecule has 5 heteroatoms. The predicted molar refractivity (Wildman–Crippen MR) is 32.2 cm³/mol. The first-order valence-corrected chi connectivity index (χ1v) is 2.74. The van der Waals surface area contributed by atoms with Crippen LogP contribution in [0.15, 0.2) is 0 Å². The maximum Gasteiger partial charge on any atom is 0.393 e. The van der Waals surface area contributed by atoms with Gasteiger partial charge in [-0.25, -0.2) is 4.79 Å². The fourth-order valence-corrected chi connectivity index (χ4v) is 0.427. The van der Waals surface area contributed by atoms with Crippen LogP contribution in [0, 0.1) is 0 Å². The highest BCUT2D eigenvalue weighted by molar-refractivity contribution is 6.40. The Morgan fingerprint density at radius 3 is 2.20 bits per heavy atom. The molecular formula is C5H5ClO4. The molecule has 10 heavy (non-hydrogen) atoms. The van der Waals surface area contributed by atoms with Crippen LogP contribution < -0.4 is 0 Å². The maximum atomic E-state index is 10.4. The first-order valence-electron chi connectivity index (χ1n) is 2.43. The van der Waals surface area contributed by atoms with Gasteiger partial charge in [-0.2, -0.15) is 0 Å². The number of carbonyl (C=O) groups excluding carboxylic acids is 3. The molecule has 0 N–H and O–H groups in total. The summed E-state index contributed by atoms with van der Waals surface area (Å²) in [5.41, 5.74) is 0. The molecule has 0 aliphatic rings. The van der Waals surface area contributed by atoms with Crippen molar-refractivity contribution >= 4 is 29.4 Å². The molecule has 0 atom stereocenters. The minimum Gasteiger partial charge on any atom is -0.341 e. The van der Waals surface area contributed by atoms with Crippen molar-refractivity contribution in [1.29, 1.82) is 0 Å². The highest BCUT2D eigenvalue weighted by atomic mass is 35.5. The van der Waals surface area contributed by atoms with Crippen LogP contribution in [0.25, 0.3) is 0 Å². The molecule has 0 saturated carbocycles. The molecule has 0 unspecified atom stereocenters. The summed E-state index contributed by atoms with van der Waals surface area (Å²) in [5, 5.41) is 0. The van der Waals surface area contributed by atoms with Gasteiger partial charge >= 0.3 is 5.97 Å². The Morgan fingerprint density at radius 2 is 1.90 bits per heavy atom. The van der Waals surface area contributed by atoms with Gasteiger partial charge in [-0.1, -0.05) is 0 Å². The molecule has 0 aliphatic carbocycles. The van der Waals surface area contributed by atoms with Crippen molar-refractivity contribution in [2.75, 3.05) is 0 Å². The van der Waals surface area contributed by atoms with E-state index in [0.29, 0.717) is 0 Å². The van der Waals surface area contributed by atoms with Gasteiger partial charge in [0.25, 0.3) is 0 Å². The molecule has 4 nitrogen and oxygen atoms in total. The first-order chi connectivity index (χ1) is 4.57. The van der Waals surface area contributed by atoms with Crippen LogP contribution in [0.5, 0.6) is 0 Å². The Morgan fingerprint density at radius 1 is 1.40 bits per heavy atom. The van der Waals surface area contributed by atoms with E-state index in [1.807, 2.05) is 0 Å². The number of halogens is 1. The minimum absolute atomic E-state index is 0.396. The number of Topliss-reactive ketones (excluding diaryl/α,β-unsaturated/α-hetero) is 2. The quantitative estimate of drug-likeness (QED) is 0.443. The van der Waals surface area contributed by atoms with Crippen molar-refractivity contribution in [2.45, 2.75) is 13.3 Å². The summed E-state index contributed by atoms with van der Waals surface area (Å²) in [4.78, 5) is 30.8. The normalized spacial score (nSPS) is 8.60. The Bertz CT molecular complexity index is 174. The van der Waals surface area contributed by atoms with Crippen LogP contribution in [0.1, 0.15) is 13.3 Å². The Hall–Kier alpha value is -0.900. The lowest BCUT2D eigenvalue weighted by atomic mass is 10.2. The summed E-state index contributed by atoms with van der Waals surface area (Å²) in [6.45, 7) is 1.19. The van der Waals surface area contributed by atoms with Crippen LogP contribution >= 0.6 is 11.9 Å². The average Bonchev–Trinajstić information content (AvgIpc) is 1.85. The van der Waals surface area contributed by atoms with Crippen LogP contribution in [0.4, 0.5) is 0 Å². The van der Waals surface area contributed by atoms with Crippen molar-refractivity contribution in [2.24, 2.45) is 0 Å². The topological polar surface area (TPSA) is 60.4 Å². The van der Waals surface area contributed by atoms with Crippen molar-refractivity contribution in [3.05, 3.63) is 0 Å². The van der Waals surface area contributed by atoms with E-state index in [1.165, 1.54) is 6.92 Å². The Labute approximate surface area is 62.3 Å². The fourth-order valence-electron chi connectivity index (χ4n) is 0.341. The number of hydrogen-bond acceptors (Lipinski definition) is 4. The minimum atomic E-state index is -1.20. The molecule has 0 rings (SSSR count). The smallest absolute Gasteiger partial charge is 0.341 e. The van der Waals surface area contributed by atoms with E-state index in [2.05, 4.69) is 16.2 Å². The third-order valence-electron chi connectivity index (χ3n) is 0.707. The fraction of sp³-hybridized carbons (Fsp3) is 0.400. The molecule has 0 radical (unpaired) electrons. The molecule has 0 bridgehead atoms. The van der Waals surface area contributed by atoms with E-state index < -0.39 is 24.0 Å². The van der Waals surface area contributed by atoms with Gasteiger partial charge in [-0.05, 0) is 6.92 Å². The Balaban J connectivity index is 3.86. The van der Waals surface area contributed by atoms with Crippen LogP contribution in [-0.2, 0) is 18.7 Å². The van der Waals surface area contributed by atoms with E-state index in [9.17, 15) is 14.4 Å². The zero-order valence-corrected chi connectivity index (χ0v) is 5.97. The SMILES string of the molecule is CC(=O)CC(=O)C(=O)OCl. The van der Waals surface area contributed by atoms with E-state index >= 15 is 0 Å². The lowest BCUT2D eigenvalue weighted by Gasteiger charge is -1.90. The third-order valence-corrected chi connectivity index (χ3v) is 0.847. The van der Waals surface area contributed by atoms with Gasteiger partial charge in [-0.15, -0.1) is 0 Å². The predicted octanol–water partition coefficient (Wildman–Crippen LogP) is 0.232. The highest BCUT2D eigenvalue weighted by Gasteiger charge is 2.16. The van der Waals surface area contributed by atoms with Crippen LogP contribution in [0.3, 0.4) is 0 Å². The number of rotatable bonds is 3. The number of ketones is 2. The standard InChI is InChI=1S/C5H5ClO4/c1-3(7)2-4(8)5(9)10-6/h2H2,1H3. The zero-order chi connectivity index (χ0) is 8.15. The molecule has 56 valence electrons. The van der Waals surface area contributed by atoms with Gasteiger partial charge in [0.2, 0.25) is 5.78 Å². The van der Waals surface area contributed by atoms with Crippen molar-refractivity contribution in [1.82, 2.24) is 0 Å². The monoisotopic (exact) mass is 164 g/mol. The summed E-state index contributed by atoms with van der Waals surface area (Å²) in [6, 6.07) is 0. The second-order valence-corrected chi connectivity index (χ2v) is 1.82. The van der Waals surface area contributed by atoms with Crippen molar-refractivity contribution < 1.29 is 18.7 Å². The van der Waals surface area contributed by atoms with Gasteiger partial charge in [0, 0.05) is 0 Å². The van der Waals surface area contributed by atoms with E-state index in [0.717, 1.165) is 0 Å². The second-order valence-electron chi connectivity index (χ2n) is 1.67. The molecule has 0 aromatic carbocycles. The zero-order valence-electron chi connectivity index (χ0n) is 5.22. The molecule has 0 aromatic heterocycles. The summed E-state index contributed by atoms with van der Waals surface area (Å²) in [7, 11) is 0. The molecule has 0 aliphatic heterocycles. The summed E-state index contributed by atoms with van der Waals surface area (Å²) < 4.78 is 3.54. The van der Waals surface area contributed by atoms with Crippen molar-refractivity contribution in [3.63, 3.8) is 0 Å². The van der Waals surface area contributed by atoms with Gasteiger partial charge in [-0.3, -0.25) is 9.59 Å². The third kappa shape index (κ3) is 3.19. The summed E-state index contributed by atoms with van der Waals surface area (Å²) in [6.07, 6.45) is -0.453. The second kappa shape index (κ2) is 4.00. The van der Waals surface area contributed by atoms with E-state index in [4.69, 9.17) is 0 Å². The lowest BCUT2D eigenvalue weighted by Crippen LogP contribution is -2.16. The van der Waals surface area contributed by atoms with Gasteiger partial charge in [0.1, 0.15) is 17.6 Å². The van der Waals surface area contributed by atoms with Crippen LogP contribution in [0.2, 0.25) is 0 Å². The molecule has 0 fully saturated rings. The van der Waals surface area contributed by atoms with Gasteiger partial charge < -0.3 is 4.29 Å². The summed E-state index contributed by atoms with van der Waals surface area (Å²) in [5.74, 6) is -2.52. The molecule has 0 amide bonds. The van der Waals surface area contributed by atoms with Crippen molar-refractivity contribution in [3.8, 4) is 0 Å². The molecule has 0 saturated heterocycles. The van der Waals surface area contributed by atoms with E-state index in [-0.39, 0.29) is 0 Å².